The summed E-state index contributed by atoms with van der Waals surface area (Å²) in [6.45, 7) is 5.05. The zero-order chi connectivity index (χ0) is 13.8. The molecule has 2 atom stereocenters. The van der Waals surface area contributed by atoms with Crippen molar-refractivity contribution in [3.63, 3.8) is 0 Å². The smallest absolute Gasteiger partial charge is 0.241 e. The van der Waals surface area contributed by atoms with Crippen molar-refractivity contribution in [2.45, 2.75) is 39.2 Å². The molecule has 2 rings (SSSR count). The van der Waals surface area contributed by atoms with Crippen LogP contribution in [0.3, 0.4) is 0 Å². The molecule has 0 aliphatic carbocycles. The van der Waals surface area contributed by atoms with Crippen molar-refractivity contribution in [1.29, 1.82) is 0 Å². The number of anilines is 1. The molecular formula is C15H21ClN2O. The van der Waals surface area contributed by atoms with E-state index >= 15 is 0 Å². The van der Waals surface area contributed by atoms with Crippen LogP contribution < -0.4 is 10.6 Å². The highest BCUT2D eigenvalue weighted by Gasteiger charge is 2.25. The van der Waals surface area contributed by atoms with Crippen molar-refractivity contribution in [2.24, 2.45) is 5.92 Å². The van der Waals surface area contributed by atoms with Crippen LogP contribution in [0.5, 0.6) is 0 Å². The first-order valence-electron chi connectivity index (χ1n) is 6.90. The van der Waals surface area contributed by atoms with Gasteiger partial charge in [-0.2, -0.15) is 0 Å². The van der Waals surface area contributed by atoms with E-state index in [2.05, 4.69) is 17.6 Å². The Labute approximate surface area is 119 Å². The van der Waals surface area contributed by atoms with Crippen LogP contribution in [-0.4, -0.2) is 18.5 Å². The molecular weight excluding hydrogens is 260 g/mol. The molecule has 0 bridgehead atoms. The Balaban J connectivity index is 1.98. The van der Waals surface area contributed by atoms with Crippen LogP contribution in [0.4, 0.5) is 5.69 Å². The van der Waals surface area contributed by atoms with E-state index < -0.39 is 0 Å². The minimum atomic E-state index is -0.0845. The molecule has 1 aromatic carbocycles. The number of benzene rings is 1. The van der Waals surface area contributed by atoms with Crippen LogP contribution in [0.15, 0.2) is 18.2 Å². The number of piperidine rings is 1. The number of hydrogen-bond donors (Lipinski definition) is 2. The number of rotatable bonds is 3. The zero-order valence-electron chi connectivity index (χ0n) is 11.5. The third kappa shape index (κ3) is 3.71. The maximum atomic E-state index is 12.2. The fourth-order valence-electron chi connectivity index (χ4n) is 2.47. The van der Waals surface area contributed by atoms with E-state index in [1.165, 1.54) is 0 Å². The van der Waals surface area contributed by atoms with Crippen LogP contribution in [0.2, 0.25) is 5.02 Å². The fourth-order valence-corrected chi connectivity index (χ4v) is 2.65. The molecule has 0 radical (unpaired) electrons. The normalized spacial score (nSPS) is 23.1. The Kier molecular flexibility index (Phi) is 4.83. The second-order valence-corrected chi connectivity index (χ2v) is 5.67. The fraction of sp³-hybridized carbons (Fsp3) is 0.533. The first-order valence-corrected chi connectivity index (χ1v) is 7.28. The lowest BCUT2D eigenvalue weighted by molar-refractivity contribution is -0.119. The van der Waals surface area contributed by atoms with Crippen molar-refractivity contribution in [2.75, 3.05) is 11.9 Å². The minimum absolute atomic E-state index is 0.0399. The molecule has 19 heavy (non-hydrogen) atoms. The van der Waals surface area contributed by atoms with E-state index in [9.17, 15) is 4.79 Å². The van der Waals surface area contributed by atoms with Gasteiger partial charge < -0.3 is 10.6 Å². The third-order valence-electron chi connectivity index (χ3n) is 3.85. The van der Waals surface area contributed by atoms with E-state index in [0.717, 1.165) is 37.1 Å². The number of halogens is 1. The van der Waals surface area contributed by atoms with E-state index in [4.69, 9.17) is 11.6 Å². The first kappa shape index (κ1) is 14.4. The molecule has 1 aromatic rings. The molecule has 1 heterocycles. The molecule has 1 aliphatic rings. The van der Waals surface area contributed by atoms with Crippen LogP contribution >= 0.6 is 11.6 Å². The van der Waals surface area contributed by atoms with Gasteiger partial charge in [0.15, 0.2) is 0 Å². The van der Waals surface area contributed by atoms with Gasteiger partial charge in [-0.1, -0.05) is 31.0 Å². The van der Waals surface area contributed by atoms with Crippen LogP contribution in [0, 0.1) is 12.8 Å². The van der Waals surface area contributed by atoms with Crippen molar-refractivity contribution in [3.05, 3.63) is 28.8 Å². The Hall–Kier alpha value is -1.06. The highest BCUT2D eigenvalue weighted by Crippen LogP contribution is 2.22. The highest BCUT2D eigenvalue weighted by atomic mass is 35.5. The van der Waals surface area contributed by atoms with Crippen molar-refractivity contribution in [1.82, 2.24) is 5.32 Å². The van der Waals surface area contributed by atoms with Gasteiger partial charge in [0, 0.05) is 10.7 Å². The molecule has 2 unspecified atom stereocenters. The predicted octanol–water partition coefficient (Wildman–Crippen LogP) is 3.37. The van der Waals surface area contributed by atoms with Gasteiger partial charge >= 0.3 is 0 Å². The molecule has 0 saturated carbocycles. The largest absolute Gasteiger partial charge is 0.325 e. The Bertz CT molecular complexity index is 461. The van der Waals surface area contributed by atoms with Gasteiger partial charge in [-0.15, -0.1) is 0 Å². The lowest BCUT2D eigenvalue weighted by Gasteiger charge is -2.28. The van der Waals surface area contributed by atoms with Crippen molar-refractivity contribution in [3.8, 4) is 0 Å². The number of hydrogen-bond acceptors (Lipinski definition) is 2. The summed E-state index contributed by atoms with van der Waals surface area (Å²) in [6.07, 6.45) is 3.22. The molecule has 104 valence electrons. The van der Waals surface area contributed by atoms with Gasteiger partial charge in [-0.3, -0.25) is 4.79 Å². The second kappa shape index (κ2) is 6.40. The lowest BCUT2D eigenvalue weighted by atomic mass is 9.90. The number of amides is 1. The number of nitrogens with one attached hydrogen (secondary N) is 2. The Morgan fingerprint density at radius 2 is 2.32 bits per heavy atom. The molecule has 3 nitrogen and oxygen atoms in total. The summed E-state index contributed by atoms with van der Waals surface area (Å²) in [4.78, 5) is 12.2. The van der Waals surface area contributed by atoms with Gasteiger partial charge in [0.25, 0.3) is 0 Å². The summed E-state index contributed by atoms with van der Waals surface area (Å²) < 4.78 is 0. The van der Waals surface area contributed by atoms with Crippen LogP contribution in [0.25, 0.3) is 0 Å². The average Bonchev–Trinajstić information content (AvgIpc) is 2.43. The maximum Gasteiger partial charge on any atom is 0.241 e. The average molecular weight is 281 g/mol. The van der Waals surface area contributed by atoms with E-state index in [1.54, 1.807) is 6.07 Å². The topological polar surface area (TPSA) is 41.1 Å². The number of aryl methyl sites for hydroxylation is 1. The van der Waals surface area contributed by atoms with Gasteiger partial charge in [0.05, 0.1) is 6.04 Å². The molecule has 1 fully saturated rings. The zero-order valence-corrected chi connectivity index (χ0v) is 12.3. The summed E-state index contributed by atoms with van der Waals surface area (Å²) >= 11 is 6.06. The quantitative estimate of drug-likeness (QED) is 0.891. The first-order chi connectivity index (χ1) is 9.10. The van der Waals surface area contributed by atoms with Crippen molar-refractivity contribution < 1.29 is 4.79 Å². The highest BCUT2D eigenvalue weighted by molar-refractivity contribution is 6.31. The molecule has 1 aliphatic heterocycles. The van der Waals surface area contributed by atoms with E-state index in [1.807, 2.05) is 19.1 Å². The summed E-state index contributed by atoms with van der Waals surface area (Å²) in [5, 5.41) is 6.90. The number of carbonyl (C=O) groups excluding carboxylic acids is 1. The molecule has 0 spiro atoms. The predicted molar refractivity (Wildman–Crippen MR) is 79.6 cm³/mol. The van der Waals surface area contributed by atoms with E-state index in [0.29, 0.717) is 10.9 Å². The van der Waals surface area contributed by atoms with Gasteiger partial charge in [0.2, 0.25) is 5.91 Å². The molecule has 2 N–H and O–H groups in total. The van der Waals surface area contributed by atoms with Gasteiger partial charge in [-0.05, 0) is 49.9 Å². The standard InChI is InChI=1S/C15H21ClN2O/c1-3-11-6-7-17-14(8-11)15(19)18-12-5-4-10(2)13(16)9-12/h4-5,9,11,14,17H,3,6-8H2,1-2H3,(H,18,19). The summed E-state index contributed by atoms with van der Waals surface area (Å²) in [7, 11) is 0. The summed E-state index contributed by atoms with van der Waals surface area (Å²) in [5.41, 5.74) is 1.78. The van der Waals surface area contributed by atoms with Gasteiger partial charge in [-0.25, -0.2) is 0 Å². The summed E-state index contributed by atoms with van der Waals surface area (Å²) in [5.74, 6) is 0.691. The van der Waals surface area contributed by atoms with E-state index in [-0.39, 0.29) is 11.9 Å². The lowest BCUT2D eigenvalue weighted by Crippen LogP contribution is -2.46. The van der Waals surface area contributed by atoms with Crippen molar-refractivity contribution >= 4 is 23.2 Å². The molecule has 1 amide bonds. The van der Waals surface area contributed by atoms with Crippen LogP contribution in [-0.2, 0) is 4.79 Å². The molecule has 4 heteroatoms. The Morgan fingerprint density at radius 1 is 1.53 bits per heavy atom. The third-order valence-corrected chi connectivity index (χ3v) is 4.25. The van der Waals surface area contributed by atoms with Crippen LogP contribution in [0.1, 0.15) is 31.7 Å². The minimum Gasteiger partial charge on any atom is -0.325 e. The second-order valence-electron chi connectivity index (χ2n) is 5.26. The SMILES string of the molecule is CCC1CCNC(C(=O)Nc2ccc(C)c(Cl)c2)C1. The molecule has 1 saturated heterocycles. The monoisotopic (exact) mass is 280 g/mol. The maximum absolute atomic E-state index is 12.2. The summed E-state index contributed by atoms with van der Waals surface area (Å²) in [6, 6.07) is 5.52. The Morgan fingerprint density at radius 3 is 3.00 bits per heavy atom. The number of carbonyl (C=O) groups is 1. The molecule has 0 aromatic heterocycles. The van der Waals surface area contributed by atoms with Gasteiger partial charge in [0.1, 0.15) is 0 Å².